The lowest BCUT2D eigenvalue weighted by Gasteiger charge is -2.06. The molecule has 0 bridgehead atoms. The molecule has 3 aromatic carbocycles. The zero-order chi connectivity index (χ0) is 16.7. The van der Waals surface area contributed by atoms with Gasteiger partial charge in [0, 0.05) is 10.8 Å². The molecule has 0 fully saturated rings. The molecule has 0 unspecified atom stereocenters. The van der Waals surface area contributed by atoms with Crippen molar-refractivity contribution >= 4 is 49.3 Å². The molecule has 0 spiro atoms. The van der Waals surface area contributed by atoms with Gasteiger partial charge in [-0.1, -0.05) is 42.5 Å². The molecule has 0 radical (unpaired) electrons. The van der Waals surface area contributed by atoms with E-state index in [0.29, 0.717) is 6.04 Å². The molecule has 3 heteroatoms. The zero-order valence-electron chi connectivity index (χ0n) is 14.1. The molecule has 25 heavy (non-hydrogen) atoms. The summed E-state index contributed by atoms with van der Waals surface area (Å²) in [5.74, 6) is 0. The molecule has 3 heterocycles. The Morgan fingerprint density at radius 2 is 1.60 bits per heavy atom. The highest BCUT2D eigenvalue weighted by Crippen LogP contribution is 2.39. The fourth-order valence-corrected chi connectivity index (χ4v) is 4.22. The Bertz CT molecular complexity index is 1420. The van der Waals surface area contributed by atoms with Crippen LogP contribution in [0.1, 0.15) is 19.9 Å². The first-order valence-electron chi connectivity index (χ1n) is 8.67. The maximum Gasteiger partial charge on any atom is 0.244 e. The highest BCUT2D eigenvalue weighted by atomic mass is 16.3. The molecule has 0 aliphatic rings. The molecule has 0 saturated carbocycles. The quantitative estimate of drug-likeness (QED) is 0.299. The molecular weight excluding hydrogens is 308 g/mol. The van der Waals surface area contributed by atoms with Gasteiger partial charge in [-0.15, -0.1) is 0 Å². The van der Waals surface area contributed by atoms with Crippen LogP contribution in [0.5, 0.6) is 0 Å². The highest BCUT2D eigenvalue weighted by molar-refractivity contribution is 6.26. The minimum Gasteiger partial charge on any atom is -0.457 e. The second kappa shape index (κ2) is 4.31. The van der Waals surface area contributed by atoms with E-state index < -0.39 is 0 Å². The molecule has 0 atom stereocenters. The van der Waals surface area contributed by atoms with E-state index in [1.807, 2.05) is 0 Å². The lowest BCUT2D eigenvalue weighted by atomic mass is 10.1. The van der Waals surface area contributed by atoms with Crippen LogP contribution in [0.3, 0.4) is 0 Å². The van der Waals surface area contributed by atoms with Gasteiger partial charge in [0.2, 0.25) is 6.33 Å². The van der Waals surface area contributed by atoms with E-state index in [1.54, 1.807) is 0 Å². The second-order valence-corrected chi connectivity index (χ2v) is 7.00. The van der Waals surface area contributed by atoms with Crippen molar-refractivity contribution < 1.29 is 8.98 Å². The molecule has 0 amide bonds. The number of fused-ring (bicyclic) bond motifs is 2. The maximum atomic E-state index is 6.14. The van der Waals surface area contributed by atoms with Crippen LogP contribution in [-0.2, 0) is 0 Å². The molecule has 6 rings (SSSR count). The summed E-state index contributed by atoms with van der Waals surface area (Å²) < 4.78 is 10.6. The number of aromatic nitrogens is 2. The van der Waals surface area contributed by atoms with E-state index in [-0.39, 0.29) is 0 Å². The van der Waals surface area contributed by atoms with Gasteiger partial charge in [0.05, 0.1) is 22.6 Å². The second-order valence-electron chi connectivity index (χ2n) is 7.00. The summed E-state index contributed by atoms with van der Waals surface area (Å²) in [4.78, 5) is 0. The van der Waals surface area contributed by atoms with Gasteiger partial charge in [-0.05, 0) is 36.8 Å². The number of nitrogens with zero attached hydrogens (tertiary/aromatic N) is 2. The number of furan rings is 1. The van der Waals surface area contributed by atoms with Crippen LogP contribution in [0.15, 0.2) is 59.0 Å². The summed E-state index contributed by atoms with van der Waals surface area (Å²) in [7, 11) is 0. The van der Waals surface area contributed by atoms with Crippen molar-refractivity contribution in [2.45, 2.75) is 19.9 Å². The van der Waals surface area contributed by atoms with E-state index in [4.69, 9.17) is 4.42 Å². The zero-order valence-corrected chi connectivity index (χ0v) is 14.1. The summed E-state index contributed by atoms with van der Waals surface area (Å²) in [6.45, 7) is 4.40. The van der Waals surface area contributed by atoms with Gasteiger partial charge in [0.25, 0.3) is 0 Å². The van der Waals surface area contributed by atoms with Crippen LogP contribution < -0.4 is 4.57 Å². The number of imidazole rings is 1. The van der Waals surface area contributed by atoms with Crippen molar-refractivity contribution in [1.82, 2.24) is 4.40 Å². The van der Waals surface area contributed by atoms with Crippen molar-refractivity contribution in [3.05, 3.63) is 60.9 Å². The van der Waals surface area contributed by atoms with Crippen LogP contribution in [-0.4, -0.2) is 4.40 Å². The van der Waals surface area contributed by atoms with Crippen molar-refractivity contribution in [1.29, 1.82) is 0 Å². The van der Waals surface area contributed by atoms with Gasteiger partial charge in [-0.2, -0.15) is 0 Å². The molecule has 0 aliphatic heterocycles. The van der Waals surface area contributed by atoms with E-state index in [9.17, 15) is 0 Å². The van der Waals surface area contributed by atoms with E-state index in [1.165, 1.54) is 32.6 Å². The van der Waals surface area contributed by atoms with Gasteiger partial charge >= 0.3 is 0 Å². The van der Waals surface area contributed by atoms with E-state index in [2.05, 4.69) is 83.7 Å². The van der Waals surface area contributed by atoms with Crippen LogP contribution >= 0.6 is 0 Å². The topological polar surface area (TPSA) is 21.4 Å². The van der Waals surface area contributed by atoms with Crippen molar-refractivity contribution in [2.24, 2.45) is 0 Å². The molecule has 0 N–H and O–H groups in total. The van der Waals surface area contributed by atoms with Crippen LogP contribution in [0.25, 0.3) is 49.3 Å². The first-order valence-corrected chi connectivity index (χ1v) is 8.67. The third kappa shape index (κ3) is 1.49. The molecule has 3 nitrogen and oxygen atoms in total. The Hall–Kier alpha value is -3.07. The number of hydrogen-bond donors (Lipinski definition) is 0. The fourth-order valence-electron chi connectivity index (χ4n) is 4.22. The Labute approximate surface area is 144 Å². The van der Waals surface area contributed by atoms with Gasteiger partial charge < -0.3 is 13.4 Å². The number of rotatable bonds is 1. The first-order chi connectivity index (χ1) is 12.2. The van der Waals surface area contributed by atoms with Gasteiger partial charge in [0.15, 0.2) is 0 Å². The third-order valence-corrected chi connectivity index (χ3v) is 5.25. The molecule has 6 aromatic rings. The SMILES string of the molecule is CC(C)[n+]1[c-]n2c3cccc4oc5cccc(c6cccc1c62)c5c43. The fraction of sp³-hybridized carbons (Fsp3) is 0.136. The summed E-state index contributed by atoms with van der Waals surface area (Å²) in [6, 6.07) is 19.5. The average Bonchev–Trinajstić information content (AvgIpc) is 3.16. The first kappa shape index (κ1) is 13.2. The largest absolute Gasteiger partial charge is 0.457 e. The summed E-state index contributed by atoms with van der Waals surface area (Å²) >= 11 is 0. The number of hydrogen-bond acceptors (Lipinski definition) is 1. The Morgan fingerprint density at radius 3 is 2.44 bits per heavy atom. The Balaban J connectivity index is 2.11. The van der Waals surface area contributed by atoms with Crippen LogP contribution in [0, 0.1) is 6.33 Å². The summed E-state index contributed by atoms with van der Waals surface area (Å²) in [5.41, 5.74) is 5.44. The van der Waals surface area contributed by atoms with Crippen LogP contribution in [0.4, 0.5) is 0 Å². The van der Waals surface area contributed by atoms with Gasteiger partial charge in [0.1, 0.15) is 11.2 Å². The molecule has 0 saturated heterocycles. The smallest absolute Gasteiger partial charge is 0.244 e. The highest BCUT2D eigenvalue weighted by Gasteiger charge is 2.18. The van der Waals surface area contributed by atoms with E-state index >= 15 is 0 Å². The average molecular weight is 324 g/mol. The minimum absolute atomic E-state index is 0.345. The van der Waals surface area contributed by atoms with E-state index in [0.717, 1.165) is 16.7 Å². The van der Waals surface area contributed by atoms with Crippen LogP contribution in [0.2, 0.25) is 0 Å². The lowest BCUT2D eigenvalue weighted by Crippen LogP contribution is -2.34. The lowest BCUT2D eigenvalue weighted by molar-refractivity contribution is -0.695. The number of para-hydroxylation sites is 1. The Kier molecular flexibility index (Phi) is 2.28. The minimum atomic E-state index is 0.345. The Morgan fingerprint density at radius 1 is 0.880 bits per heavy atom. The van der Waals surface area contributed by atoms with Crippen molar-refractivity contribution in [2.75, 3.05) is 0 Å². The molecule has 3 aromatic heterocycles. The molecular formula is C22H16N2O. The summed E-state index contributed by atoms with van der Waals surface area (Å²) in [6.07, 6.45) is 3.59. The predicted molar refractivity (Wildman–Crippen MR) is 100 cm³/mol. The standard InChI is InChI=1S/C22H16N2O/c1-13(2)23-12-24-16-8-5-11-19-21(16)20-14(6-4-10-18(20)25-19)15-7-3-9-17(23)22(15)24/h3-11,13H,1-2H3. The number of benzene rings is 3. The monoisotopic (exact) mass is 324 g/mol. The van der Waals surface area contributed by atoms with Gasteiger partial charge in [-0.25, -0.2) is 0 Å². The molecule has 0 aliphatic carbocycles. The summed E-state index contributed by atoms with van der Waals surface area (Å²) in [5, 5.41) is 4.84. The third-order valence-electron chi connectivity index (χ3n) is 5.25. The molecule has 120 valence electrons. The normalized spacial score (nSPS) is 12.8. The van der Waals surface area contributed by atoms with Crippen molar-refractivity contribution in [3.8, 4) is 0 Å². The maximum absolute atomic E-state index is 6.14. The predicted octanol–water partition coefficient (Wildman–Crippen LogP) is 5.25. The van der Waals surface area contributed by atoms with Gasteiger partial charge in [-0.3, -0.25) is 0 Å². The van der Waals surface area contributed by atoms with Crippen molar-refractivity contribution in [3.63, 3.8) is 0 Å².